The van der Waals surface area contributed by atoms with E-state index in [1.165, 1.54) is 17.0 Å². The molecule has 0 bridgehead atoms. The first kappa shape index (κ1) is 12.4. The Balaban J connectivity index is 2.08. The molecule has 0 aliphatic carbocycles. The van der Waals surface area contributed by atoms with Crippen molar-refractivity contribution in [1.82, 2.24) is 15.1 Å². The number of nitrogens with two attached hydrogens (primary N) is 1. The number of nitrogens with zero attached hydrogens (tertiary/aromatic N) is 3. The molecule has 1 aromatic heterocycles. The summed E-state index contributed by atoms with van der Waals surface area (Å²) < 4.78 is 13.0. The summed E-state index contributed by atoms with van der Waals surface area (Å²) in [6.07, 6.45) is 0. The lowest BCUT2D eigenvalue weighted by Crippen LogP contribution is -2.26. The molecule has 1 amide bonds. The van der Waals surface area contributed by atoms with Gasteiger partial charge in [-0.2, -0.15) is 0 Å². The van der Waals surface area contributed by atoms with E-state index in [0.717, 1.165) is 11.3 Å². The quantitative estimate of drug-likeness (QED) is 0.914. The highest BCUT2D eigenvalue weighted by molar-refractivity contribution is 7.16. The van der Waals surface area contributed by atoms with Crippen LogP contribution in [0.5, 0.6) is 0 Å². The number of benzene rings is 1. The first-order valence-electron chi connectivity index (χ1n) is 5.15. The van der Waals surface area contributed by atoms with Crippen molar-refractivity contribution >= 4 is 22.4 Å². The molecule has 0 unspecified atom stereocenters. The average Bonchev–Trinajstić information content (AvgIpc) is 2.75. The van der Waals surface area contributed by atoms with Crippen molar-refractivity contribution in [1.29, 1.82) is 0 Å². The molecule has 0 fully saturated rings. The maximum atomic E-state index is 13.0. The van der Waals surface area contributed by atoms with Gasteiger partial charge in [0.1, 0.15) is 5.82 Å². The van der Waals surface area contributed by atoms with E-state index < -0.39 is 0 Å². The molecule has 0 saturated carbocycles. The fraction of sp³-hybridized carbons (Fsp3) is 0.182. The number of rotatable bonds is 3. The zero-order valence-electron chi connectivity index (χ0n) is 9.63. The van der Waals surface area contributed by atoms with E-state index >= 15 is 0 Å². The minimum atomic E-state index is -0.325. The Morgan fingerprint density at radius 2 is 2.28 bits per heavy atom. The maximum Gasteiger partial charge on any atom is 0.284 e. The Kier molecular flexibility index (Phi) is 3.52. The van der Waals surface area contributed by atoms with Crippen LogP contribution in [0, 0.1) is 5.82 Å². The van der Waals surface area contributed by atoms with Crippen LogP contribution in [0.4, 0.5) is 9.52 Å². The minimum absolute atomic E-state index is 0.228. The van der Waals surface area contributed by atoms with E-state index in [4.69, 9.17) is 5.73 Å². The van der Waals surface area contributed by atoms with E-state index in [0.29, 0.717) is 12.1 Å². The van der Waals surface area contributed by atoms with Gasteiger partial charge in [0.05, 0.1) is 0 Å². The molecular formula is C11H11FN4OS. The van der Waals surface area contributed by atoms with Gasteiger partial charge in [-0.3, -0.25) is 4.79 Å². The van der Waals surface area contributed by atoms with Crippen LogP contribution >= 0.6 is 11.3 Å². The van der Waals surface area contributed by atoms with Crippen LogP contribution in [0.2, 0.25) is 0 Å². The van der Waals surface area contributed by atoms with Crippen LogP contribution in [-0.2, 0) is 6.54 Å². The highest BCUT2D eigenvalue weighted by Crippen LogP contribution is 2.14. The molecule has 18 heavy (non-hydrogen) atoms. The second-order valence-corrected chi connectivity index (χ2v) is 4.75. The van der Waals surface area contributed by atoms with E-state index in [2.05, 4.69) is 10.2 Å². The van der Waals surface area contributed by atoms with E-state index in [1.807, 2.05) is 0 Å². The summed E-state index contributed by atoms with van der Waals surface area (Å²) in [6, 6.07) is 6.10. The Morgan fingerprint density at radius 3 is 2.89 bits per heavy atom. The number of amides is 1. The smallest absolute Gasteiger partial charge is 0.284 e. The number of hydrogen-bond acceptors (Lipinski definition) is 5. The Labute approximate surface area is 107 Å². The number of anilines is 1. The second-order valence-electron chi connectivity index (χ2n) is 3.74. The Hall–Kier alpha value is -2.02. The molecule has 2 rings (SSSR count). The SMILES string of the molecule is CN(Cc1cccc(F)c1)C(=O)c1nnc(N)s1. The zero-order chi connectivity index (χ0) is 13.1. The molecule has 0 aliphatic rings. The van der Waals surface area contributed by atoms with Gasteiger partial charge in [-0.25, -0.2) is 4.39 Å². The monoisotopic (exact) mass is 266 g/mol. The van der Waals surface area contributed by atoms with Crippen LogP contribution in [0.25, 0.3) is 0 Å². The largest absolute Gasteiger partial charge is 0.374 e. The van der Waals surface area contributed by atoms with Crippen LogP contribution < -0.4 is 5.73 Å². The molecule has 0 saturated heterocycles. The van der Waals surface area contributed by atoms with E-state index in [1.54, 1.807) is 19.2 Å². The number of carbonyl (C=O) groups is 1. The van der Waals surface area contributed by atoms with Crippen molar-refractivity contribution in [2.24, 2.45) is 0 Å². The normalized spacial score (nSPS) is 10.3. The van der Waals surface area contributed by atoms with Gasteiger partial charge in [0.2, 0.25) is 10.1 Å². The third-order valence-electron chi connectivity index (χ3n) is 2.28. The van der Waals surface area contributed by atoms with Gasteiger partial charge in [-0.05, 0) is 17.7 Å². The fourth-order valence-electron chi connectivity index (χ4n) is 1.47. The van der Waals surface area contributed by atoms with Crippen molar-refractivity contribution in [2.75, 3.05) is 12.8 Å². The molecule has 1 heterocycles. The van der Waals surface area contributed by atoms with Crippen molar-refractivity contribution in [3.63, 3.8) is 0 Å². The van der Waals surface area contributed by atoms with Gasteiger partial charge in [-0.15, -0.1) is 10.2 Å². The number of hydrogen-bond donors (Lipinski definition) is 1. The highest BCUT2D eigenvalue weighted by atomic mass is 32.1. The van der Waals surface area contributed by atoms with Crippen molar-refractivity contribution < 1.29 is 9.18 Å². The standard InChI is InChI=1S/C11H11FN4OS/c1-16(6-7-3-2-4-8(12)5-7)10(17)9-14-15-11(13)18-9/h2-5H,6H2,1H3,(H2,13,15). The zero-order valence-corrected chi connectivity index (χ0v) is 10.4. The molecule has 5 nitrogen and oxygen atoms in total. The first-order chi connectivity index (χ1) is 8.56. The lowest BCUT2D eigenvalue weighted by molar-refractivity contribution is 0.0783. The minimum Gasteiger partial charge on any atom is -0.374 e. The molecule has 2 N–H and O–H groups in total. The van der Waals surface area contributed by atoms with Gasteiger partial charge >= 0.3 is 0 Å². The van der Waals surface area contributed by atoms with Gasteiger partial charge in [0.25, 0.3) is 5.91 Å². The van der Waals surface area contributed by atoms with Crippen molar-refractivity contribution in [2.45, 2.75) is 6.54 Å². The molecule has 0 radical (unpaired) electrons. The predicted molar refractivity (Wildman–Crippen MR) is 66.5 cm³/mol. The van der Waals surface area contributed by atoms with Gasteiger partial charge in [0, 0.05) is 13.6 Å². The van der Waals surface area contributed by atoms with Gasteiger partial charge < -0.3 is 10.6 Å². The van der Waals surface area contributed by atoms with Gasteiger partial charge in [0.15, 0.2) is 0 Å². The third kappa shape index (κ3) is 2.80. The van der Waals surface area contributed by atoms with Crippen LogP contribution in [-0.4, -0.2) is 28.1 Å². The molecule has 7 heteroatoms. The molecule has 0 spiro atoms. The maximum absolute atomic E-state index is 13.0. The summed E-state index contributed by atoms with van der Waals surface area (Å²) in [7, 11) is 1.62. The topological polar surface area (TPSA) is 72.1 Å². The number of nitrogen functional groups attached to an aromatic ring is 1. The van der Waals surface area contributed by atoms with Gasteiger partial charge in [-0.1, -0.05) is 23.5 Å². The van der Waals surface area contributed by atoms with Crippen LogP contribution in [0.1, 0.15) is 15.4 Å². The lowest BCUT2D eigenvalue weighted by atomic mass is 10.2. The molecule has 0 aliphatic heterocycles. The fourth-order valence-corrected chi connectivity index (χ4v) is 2.07. The number of aromatic nitrogens is 2. The van der Waals surface area contributed by atoms with Crippen LogP contribution in [0.3, 0.4) is 0 Å². The summed E-state index contributed by atoms with van der Waals surface area (Å²) in [5.41, 5.74) is 6.12. The third-order valence-corrected chi connectivity index (χ3v) is 3.02. The first-order valence-corrected chi connectivity index (χ1v) is 5.97. The van der Waals surface area contributed by atoms with Crippen molar-refractivity contribution in [3.8, 4) is 0 Å². The predicted octanol–water partition coefficient (Wildman–Crippen LogP) is 1.53. The summed E-state index contributed by atoms with van der Waals surface area (Å²) in [4.78, 5) is 13.4. The molecular weight excluding hydrogens is 255 g/mol. The van der Waals surface area contributed by atoms with E-state index in [-0.39, 0.29) is 21.9 Å². The molecule has 94 valence electrons. The number of carbonyl (C=O) groups excluding carboxylic acids is 1. The van der Waals surface area contributed by atoms with Crippen LogP contribution in [0.15, 0.2) is 24.3 Å². The summed E-state index contributed by atoms with van der Waals surface area (Å²) in [5.74, 6) is -0.609. The van der Waals surface area contributed by atoms with Crippen molar-refractivity contribution in [3.05, 3.63) is 40.7 Å². The summed E-state index contributed by atoms with van der Waals surface area (Å²) >= 11 is 1.03. The molecule has 0 atom stereocenters. The summed E-state index contributed by atoms with van der Waals surface area (Å²) in [6.45, 7) is 0.302. The van der Waals surface area contributed by atoms with E-state index in [9.17, 15) is 9.18 Å². The second kappa shape index (κ2) is 5.09. The highest BCUT2D eigenvalue weighted by Gasteiger charge is 2.16. The number of halogens is 1. The lowest BCUT2D eigenvalue weighted by Gasteiger charge is -2.15. The Morgan fingerprint density at radius 1 is 1.50 bits per heavy atom. The molecule has 1 aromatic carbocycles. The Bertz CT molecular complexity index is 572. The average molecular weight is 266 g/mol. The molecule has 2 aromatic rings. The summed E-state index contributed by atoms with van der Waals surface area (Å²) in [5, 5.41) is 7.73.